The molecule has 0 atom stereocenters. The first-order valence-corrected chi connectivity index (χ1v) is 11.7. The smallest absolute Gasteiger partial charge is 0.240 e. The van der Waals surface area contributed by atoms with Gasteiger partial charge in [0.25, 0.3) is 0 Å². The molecule has 1 aromatic carbocycles. The molecule has 4 rings (SSSR count). The van der Waals surface area contributed by atoms with Gasteiger partial charge in [-0.2, -0.15) is 0 Å². The SMILES string of the molecule is Cc1ccc(S(=O)(=O)NCCCCN2c3ccncc3Sc3ccncc32)cc1. The summed E-state index contributed by atoms with van der Waals surface area (Å²) in [6.07, 6.45) is 8.94. The molecule has 1 aliphatic heterocycles. The molecule has 0 saturated carbocycles. The first kappa shape index (κ1) is 19.9. The van der Waals surface area contributed by atoms with E-state index in [1.165, 1.54) is 0 Å². The highest BCUT2D eigenvalue weighted by atomic mass is 32.2. The average Bonchev–Trinajstić information content (AvgIpc) is 2.73. The van der Waals surface area contributed by atoms with Gasteiger partial charge in [-0.05, 0) is 44.0 Å². The molecule has 1 N–H and O–H groups in total. The van der Waals surface area contributed by atoms with Crippen LogP contribution in [0.2, 0.25) is 0 Å². The summed E-state index contributed by atoms with van der Waals surface area (Å²) < 4.78 is 27.5. The maximum atomic E-state index is 12.4. The van der Waals surface area contributed by atoms with E-state index in [2.05, 4.69) is 19.6 Å². The largest absolute Gasteiger partial charge is 0.338 e. The molecule has 8 heteroatoms. The predicted molar refractivity (Wildman–Crippen MR) is 115 cm³/mol. The third kappa shape index (κ3) is 4.44. The fourth-order valence-electron chi connectivity index (χ4n) is 3.23. The van der Waals surface area contributed by atoms with Crippen molar-refractivity contribution in [2.75, 3.05) is 18.0 Å². The number of benzene rings is 1. The van der Waals surface area contributed by atoms with Crippen LogP contribution in [0.15, 0.2) is 75.9 Å². The Kier molecular flexibility index (Phi) is 5.84. The number of aromatic nitrogens is 2. The lowest BCUT2D eigenvalue weighted by Crippen LogP contribution is -2.26. The highest BCUT2D eigenvalue weighted by molar-refractivity contribution is 7.99. The van der Waals surface area contributed by atoms with E-state index >= 15 is 0 Å². The van der Waals surface area contributed by atoms with Crippen molar-refractivity contribution in [3.63, 3.8) is 0 Å². The Balaban J connectivity index is 1.37. The van der Waals surface area contributed by atoms with Crippen LogP contribution in [0, 0.1) is 6.92 Å². The lowest BCUT2D eigenvalue weighted by atomic mass is 10.2. The van der Waals surface area contributed by atoms with Gasteiger partial charge in [-0.1, -0.05) is 29.5 Å². The first-order chi connectivity index (χ1) is 14.0. The fraction of sp³-hybridized carbons (Fsp3) is 0.238. The number of nitrogens with one attached hydrogen (secondary N) is 1. The van der Waals surface area contributed by atoms with E-state index in [1.807, 2.05) is 31.5 Å². The maximum absolute atomic E-state index is 12.4. The van der Waals surface area contributed by atoms with E-state index in [4.69, 9.17) is 0 Å². The summed E-state index contributed by atoms with van der Waals surface area (Å²) in [6, 6.07) is 10.9. The Morgan fingerprint density at radius 1 is 0.931 bits per heavy atom. The molecule has 0 unspecified atom stereocenters. The zero-order valence-corrected chi connectivity index (χ0v) is 17.7. The molecule has 0 saturated heterocycles. The minimum Gasteiger partial charge on any atom is -0.338 e. The number of sulfonamides is 1. The highest BCUT2D eigenvalue weighted by Gasteiger charge is 2.23. The third-order valence-electron chi connectivity index (χ3n) is 4.76. The molecule has 3 aromatic rings. The second-order valence-electron chi connectivity index (χ2n) is 6.86. The Labute approximate surface area is 175 Å². The van der Waals surface area contributed by atoms with Crippen LogP contribution in [0.25, 0.3) is 0 Å². The van der Waals surface area contributed by atoms with E-state index in [9.17, 15) is 8.42 Å². The lowest BCUT2D eigenvalue weighted by Gasteiger charge is -2.32. The zero-order valence-electron chi connectivity index (χ0n) is 16.1. The van der Waals surface area contributed by atoms with Gasteiger partial charge in [-0.3, -0.25) is 9.97 Å². The Bertz CT molecular complexity index is 1060. The summed E-state index contributed by atoms with van der Waals surface area (Å²) in [6.45, 7) is 3.12. The molecule has 0 bridgehead atoms. The Morgan fingerprint density at radius 2 is 1.69 bits per heavy atom. The molecular formula is C21H22N4O2S2. The van der Waals surface area contributed by atoms with E-state index in [1.54, 1.807) is 48.4 Å². The molecule has 150 valence electrons. The van der Waals surface area contributed by atoms with Crippen LogP contribution in [0.1, 0.15) is 18.4 Å². The predicted octanol–water partition coefficient (Wildman–Crippen LogP) is 4.15. The van der Waals surface area contributed by atoms with Gasteiger partial charge in [0.05, 0.1) is 27.4 Å². The van der Waals surface area contributed by atoms with Crippen LogP contribution in [0.4, 0.5) is 11.4 Å². The molecule has 0 radical (unpaired) electrons. The summed E-state index contributed by atoms with van der Waals surface area (Å²) in [5.74, 6) is 0. The third-order valence-corrected chi connectivity index (χ3v) is 7.33. The summed E-state index contributed by atoms with van der Waals surface area (Å²) in [5, 5.41) is 0. The number of unbranched alkanes of at least 4 members (excludes halogenated alkanes) is 1. The standard InChI is InChI=1S/C21H22N4O2S2/c1-16-4-6-17(7-5-16)29(26,27)24-10-2-3-13-25-18-8-11-23-15-21(18)28-20-9-12-22-14-19(20)25/h4-9,11-12,14-15,24H,2-3,10,13H2,1H3. The molecule has 6 nitrogen and oxygen atoms in total. The maximum Gasteiger partial charge on any atom is 0.240 e. The molecule has 3 heterocycles. The van der Waals surface area contributed by atoms with Gasteiger partial charge in [0, 0.05) is 36.6 Å². The number of nitrogens with zero attached hydrogens (tertiary/aromatic N) is 3. The number of fused-ring (bicyclic) bond motifs is 2. The van der Waals surface area contributed by atoms with Gasteiger partial charge in [0.1, 0.15) is 0 Å². The van der Waals surface area contributed by atoms with Gasteiger partial charge >= 0.3 is 0 Å². The molecule has 0 aliphatic carbocycles. The minimum atomic E-state index is -3.46. The quantitative estimate of drug-likeness (QED) is 0.572. The highest BCUT2D eigenvalue weighted by Crippen LogP contribution is 2.47. The monoisotopic (exact) mass is 426 g/mol. The van der Waals surface area contributed by atoms with Crippen LogP contribution < -0.4 is 9.62 Å². The molecule has 0 spiro atoms. The molecular weight excluding hydrogens is 404 g/mol. The van der Waals surface area contributed by atoms with Crippen molar-refractivity contribution in [1.29, 1.82) is 0 Å². The number of hydrogen-bond donors (Lipinski definition) is 1. The Morgan fingerprint density at radius 3 is 2.52 bits per heavy atom. The molecule has 0 amide bonds. The number of hydrogen-bond acceptors (Lipinski definition) is 6. The van der Waals surface area contributed by atoms with Crippen molar-refractivity contribution in [2.45, 2.75) is 34.5 Å². The average molecular weight is 427 g/mol. The van der Waals surface area contributed by atoms with Crippen molar-refractivity contribution < 1.29 is 8.42 Å². The van der Waals surface area contributed by atoms with E-state index in [0.29, 0.717) is 11.4 Å². The van der Waals surface area contributed by atoms with Crippen molar-refractivity contribution >= 4 is 33.2 Å². The first-order valence-electron chi connectivity index (χ1n) is 9.44. The second-order valence-corrected chi connectivity index (χ2v) is 9.71. The second kappa shape index (κ2) is 8.52. The number of aryl methyl sites for hydroxylation is 1. The molecule has 0 fully saturated rings. The van der Waals surface area contributed by atoms with Crippen LogP contribution in [-0.4, -0.2) is 31.5 Å². The lowest BCUT2D eigenvalue weighted by molar-refractivity contribution is 0.577. The van der Waals surface area contributed by atoms with E-state index < -0.39 is 10.0 Å². The fourth-order valence-corrected chi connectivity index (χ4v) is 5.33. The van der Waals surface area contributed by atoms with Gasteiger partial charge in [0.2, 0.25) is 10.0 Å². The van der Waals surface area contributed by atoms with Gasteiger partial charge in [-0.15, -0.1) is 0 Å². The van der Waals surface area contributed by atoms with Gasteiger partial charge in [-0.25, -0.2) is 13.1 Å². The van der Waals surface area contributed by atoms with Crippen molar-refractivity contribution in [3.8, 4) is 0 Å². The zero-order chi connectivity index (χ0) is 20.3. The molecule has 29 heavy (non-hydrogen) atoms. The van der Waals surface area contributed by atoms with E-state index in [-0.39, 0.29) is 0 Å². The summed E-state index contributed by atoms with van der Waals surface area (Å²) >= 11 is 1.70. The summed E-state index contributed by atoms with van der Waals surface area (Å²) in [7, 11) is -3.46. The molecule has 1 aliphatic rings. The van der Waals surface area contributed by atoms with Gasteiger partial charge < -0.3 is 4.90 Å². The van der Waals surface area contributed by atoms with Crippen molar-refractivity contribution in [1.82, 2.24) is 14.7 Å². The van der Waals surface area contributed by atoms with Crippen molar-refractivity contribution in [2.24, 2.45) is 0 Å². The topological polar surface area (TPSA) is 75.2 Å². The van der Waals surface area contributed by atoms with Crippen molar-refractivity contribution in [3.05, 3.63) is 66.7 Å². The van der Waals surface area contributed by atoms with Crippen LogP contribution in [-0.2, 0) is 10.0 Å². The number of anilines is 2. The normalized spacial score (nSPS) is 13.1. The minimum absolute atomic E-state index is 0.303. The van der Waals surface area contributed by atoms with Crippen LogP contribution >= 0.6 is 11.8 Å². The summed E-state index contributed by atoms with van der Waals surface area (Å²) in [4.78, 5) is 13.3. The molecule has 2 aromatic heterocycles. The van der Waals surface area contributed by atoms with E-state index in [0.717, 1.165) is 46.1 Å². The van der Waals surface area contributed by atoms with Gasteiger partial charge in [0.15, 0.2) is 0 Å². The number of pyridine rings is 2. The number of rotatable bonds is 7. The Hall–Kier alpha value is -2.42. The van der Waals surface area contributed by atoms with Crippen LogP contribution in [0.3, 0.4) is 0 Å². The van der Waals surface area contributed by atoms with Crippen LogP contribution in [0.5, 0.6) is 0 Å². The summed E-state index contributed by atoms with van der Waals surface area (Å²) in [5.41, 5.74) is 3.23.